The molecular weight excluding hydrogens is 296 g/mol. The summed E-state index contributed by atoms with van der Waals surface area (Å²) in [5.74, 6) is -1.94. The van der Waals surface area contributed by atoms with Gasteiger partial charge in [0.15, 0.2) is 0 Å². The van der Waals surface area contributed by atoms with E-state index in [1.165, 1.54) is 0 Å². The van der Waals surface area contributed by atoms with Crippen molar-refractivity contribution in [3.05, 3.63) is 71.8 Å². The number of benzene rings is 2. The molecule has 0 fully saturated rings. The second kappa shape index (κ2) is 7.79. The number of hydrogen-bond acceptors (Lipinski definition) is 5. The highest BCUT2D eigenvalue weighted by Gasteiger charge is 2.15. The molecule has 0 aliphatic rings. The van der Waals surface area contributed by atoms with E-state index in [4.69, 9.17) is 4.74 Å². The summed E-state index contributed by atoms with van der Waals surface area (Å²) in [6.45, 7) is 0.316. The Hall–Kier alpha value is -3.08. The number of ether oxygens (including phenoxy) is 2. The normalized spacial score (nSPS) is 10.9. The number of aliphatic hydroxyl groups is 1. The molecule has 1 N–H and O–H groups in total. The largest absolute Gasteiger partial charge is 0.507 e. The number of aliphatic hydroxyl groups excluding tert-OH is 1. The van der Waals surface area contributed by atoms with E-state index >= 15 is 0 Å². The lowest BCUT2D eigenvalue weighted by molar-refractivity contribution is -0.149. The van der Waals surface area contributed by atoms with E-state index in [0.717, 1.165) is 18.7 Å². The summed E-state index contributed by atoms with van der Waals surface area (Å²) in [6.07, 6.45) is 0.816. The molecule has 0 heterocycles. The maximum absolute atomic E-state index is 11.5. The van der Waals surface area contributed by atoms with Gasteiger partial charge in [0.2, 0.25) is 0 Å². The Labute approximate surface area is 133 Å². The van der Waals surface area contributed by atoms with Crippen LogP contribution in [0.1, 0.15) is 11.1 Å². The highest BCUT2D eigenvalue weighted by atomic mass is 16.5. The van der Waals surface area contributed by atoms with Crippen LogP contribution in [0.25, 0.3) is 5.76 Å². The number of hydrogen-bond donors (Lipinski definition) is 1. The van der Waals surface area contributed by atoms with Gasteiger partial charge in [0.25, 0.3) is 5.78 Å². The van der Waals surface area contributed by atoms with Gasteiger partial charge in [0, 0.05) is 6.08 Å². The van der Waals surface area contributed by atoms with Crippen molar-refractivity contribution >= 4 is 17.5 Å². The van der Waals surface area contributed by atoms with Crippen LogP contribution in [0.3, 0.4) is 0 Å². The molecule has 5 nitrogen and oxygen atoms in total. The van der Waals surface area contributed by atoms with Gasteiger partial charge < -0.3 is 14.6 Å². The number of carbonyl (C=O) groups is 2. The number of para-hydroxylation sites is 1. The maximum Gasteiger partial charge on any atom is 0.378 e. The number of ketones is 1. The molecule has 0 radical (unpaired) electrons. The molecule has 0 bridgehead atoms. The van der Waals surface area contributed by atoms with Crippen LogP contribution in [-0.4, -0.2) is 24.0 Å². The Kier molecular flexibility index (Phi) is 5.52. The van der Waals surface area contributed by atoms with Crippen LogP contribution in [0.5, 0.6) is 5.75 Å². The summed E-state index contributed by atoms with van der Waals surface area (Å²) in [4.78, 5) is 22.6. The second-order valence-electron chi connectivity index (χ2n) is 4.66. The Balaban J connectivity index is 2.18. The molecule has 2 rings (SSSR count). The predicted octanol–water partition coefficient (Wildman–Crippen LogP) is 2.91. The van der Waals surface area contributed by atoms with Crippen LogP contribution >= 0.6 is 0 Å². The molecule has 23 heavy (non-hydrogen) atoms. The highest BCUT2D eigenvalue weighted by Crippen LogP contribution is 2.25. The topological polar surface area (TPSA) is 72.8 Å². The van der Waals surface area contributed by atoms with Crippen LogP contribution in [-0.2, 0) is 20.9 Å². The fraction of sp³-hybridized carbons (Fsp3) is 0.111. The minimum Gasteiger partial charge on any atom is -0.507 e. The highest BCUT2D eigenvalue weighted by molar-refractivity contribution is 6.39. The third-order valence-electron chi connectivity index (χ3n) is 3.05. The van der Waals surface area contributed by atoms with Crippen molar-refractivity contribution in [3.63, 3.8) is 0 Å². The zero-order chi connectivity index (χ0) is 16.7. The summed E-state index contributed by atoms with van der Waals surface area (Å²) >= 11 is 0. The predicted molar refractivity (Wildman–Crippen MR) is 84.8 cm³/mol. The minimum absolute atomic E-state index is 0.316. The molecule has 2 aromatic carbocycles. The minimum atomic E-state index is -1.04. The Morgan fingerprint density at radius 2 is 1.70 bits per heavy atom. The molecular formula is C18H16O5. The molecule has 0 aliphatic carbocycles. The lowest BCUT2D eigenvalue weighted by Gasteiger charge is -2.11. The first-order valence-electron chi connectivity index (χ1n) is 6.91. The van der Waals surface area contributed by atoms with Crippen LogP contribution < -0.4 is 4.74 Å². The smallest absolute Gasteiger partial charge is 0.378 e. The van der Waals surface area contributed by atoms with Gasteiger partial charge in [-0.15, -0.1) is 0 Å². The molecule has 2 aromatic rings. The standard InChI is InChI=1S/C18H16O5/c1-22-18(21)16(20)11-15(19)14-9-5-6-10-17(14)23-12-13-7-3-2-4-8-13/h2-11,19H,12H2,1H3/b15-11-. The van der Waals surface area contributed by atoms with Crippen LogP contribution in [0, 0.1) is 0 Å². The van der Waals surface area contributed by atoms with E-state index in [1.54, 1.807) is 24.3 Å². The average Bonchev–Trinajstić information content (AvgIpc) is 2.60. The lowest BCUT2D eigenvalue weighted by atomic mass is 10.1. The van der Waals surface area contributed by atoms with E-state index in [-0.39, 0.29) is 5.76 Å². The quantitative estimate of drug-likeness (QED) is 0.384. The van der Waals surface area contributed by atoms with Gasteiger partial charge in [0.1, 0.15) is 18.1 Å². The van der Waals surface area contributed by atoms with Crippen molar-refractivity contribution in [1.82, 2.24) is 0 Å². The van der Waals surface area contributed by atoms with Crippen LogP contribution in [0.15, 0.2) is 60.7 Å². The summed E-state index contributed by atoms with van der Waals surface area (Å²) in [5, 5.41) is 10.1. The van der Waals surface area contributed by atoms with Gasteiger partial charge in [0.05, 0.1) is 12.7 Å². The summed E-state index contributed by atoms with van der Waals surface area (Å²) < 4.78 is 9.99. The third-order valence-corrected chi connectivity index (χ3v) is 3.05. The molecule has 0 saturated heterocycles. The molecule has 0 atom stereocenters. The monoisotopic (exact) mass is 312 g/mol. The fourth-order valence-electron chi connectivity index (χ4n) is 1.90. The van der Waals surface area contributed by atoms with E-state index in [0.29, 0.717) is 17.9 Å². The van der Waals surface area contributed by atoms with Gasteiger partial charge >= 0.3 is 5.97 Å². The zero-order valence-electron chi connectivity index (χ0n) is 12.6. The summed E-state index contributed by atoms with van der Waals surface area (Å²) in [6, 6.07) is 16.2. The van der Waals surface area contributed by atoms with Crippen molar-refractivity contribution in [3.8, 4) is 5.75 Å². The van der Waals surface area contributed by atoms with Crippen molar-refractivity contribution in [2.75, 3.05) is 7.11 Å². The van der Waals surface area contributed by atoms with E-state index < -0.39 is 11.8 Å². The third kappa shape index (κ3) is 4.44. The van der Waals surface area contributed by atoms with Crippen LogP contribution in [0.4, 0.5) is 0 Å². The second-order valence-corrected chi connectivity index (χ2v) is 4.66. The Bertz CT molecular complexity index is 719. The van der Waals surface area contributed by atoms with Gasteiger partial charge in [-0.25, -0.2) is 4.79 Å². The molecule has 118 valence electrons. The zero-order valence-corrected chi connectivity index (χ0v) is 12.6. The molecule has 5 heteroatoms. The van der Waals surface area contributed by atoms with Gasteiger partial charge in [-0.3, -0.25) is 4.79 Å². The first kappa shape index (κ1) is 16.3. The molecule has 0 spiro atoms. The van der Waals surface area contributed by atoms with Gasteiger partial charge in [-0.1, -0.05) is 42.5 Å². The Morgan fingerprint density at radius 1 is 1.04 bits per heavy atom. The number of methoxy groups -OCH3 is 1. The molecule has 0 unspecified atom stereocenters. The van der Waals surface area contributed by atoms with Gasteiger partial charge in [-0.2, -0.15) is 0 Å². The van der Waals surface area contributed by atoms with E-state index in [9.17, 15) is 14.7 Å². The van der Waals surface area contributed by atoms with Crippen molar-refractivity contribution in [1.29, 1.82) is 0 Å². The van der Waals surface area contributed by atoms with Crippen LogP contribution in [0.2, 0.25) is 0 Å². The number of rotatable bonds is 6. The van der Waals surface area contributed by atoms with Crippen molar-refractivity contribution < 1.29 is 24.2 Å². The van der Waals surface area contributed by atoms with E-state index in [2.05, 4.69) is 4.74 Å². The lowest BCUT2D eigenvalue weighted by Crippen LogP contribution is -2.13. The molecule has 0 saturated carbocycles. The molecule has 0 aromatic heterocycles. The van der Waals surface area contributed by atoms with Gasteiger partial charge in [-0.05, 0) is 17.7 Å². The summed E-state index contributed by atoms with van der Waals surface area (Å²) in [7, 11) is 1.10. The Morgan fingerprint density at radius 3 is 2.39 bits per heavy atom. The maximum atomic E-state index is 11.5. The summed E-state index contributed by atoms with van der Waals surface area (Å²) in [5.41, 5.74) is 1.29. The first-order chi connectivity index (χ1) is 11.1. The molecule has 0 aliphatic heterocycles. The first-order valence-corrected chi connectivity index (χ1v) is 6.91. The van der Waals surface area contributed by atoms with Crippen molar-refractivity contribution in [2.24, 2.45) is 0 Å². The average molecular weight is 312 g/mol. The molecule has 0 amide bonds. The van der Waals surface area contributed by atoms with E-state index in [1.807, 2.05) is 30.3 Å². The number of esters is 1. The van der Waals surface area contributed by atoms with Crippen molar-refractivity contribution in [2.45, 2.75) is 6.61 Å². The fourth-order valence-corrected chi connectivity index (χ4v) is 1.90. The SMILES string of the molecule is COC(=O)C(=O)/C=C(\O)c1ccccc1OCc1ccccc1. The number of carbonyl (C=O) groups excluding carboxylic acids is 2.